The van der Waals surface area contributed by atoms with Gasteiger partial charge in [0.05, 0.1) is 29.7 Å². The van der Waals surface area contributed by atoms with Crippen LogP contribution in [0.25, 0.3) is 0 Å². The van der Waals surface area contributed by atoms with Gasteiger partial charge in [-0.25, -0.2) is 0 Å². The molecule has 2 heterocycles. The molecule has 1 aliphatic rings. The maximum Gasteiger partial charge on any atom is 0.308 e. The highest BCUT2D eigenvalue weighted by molar-refractivity contribution is 6.06. The van der Waals surface area contributed by atoms with Crippen LogP contribution < -0.4 is 10.2 Å². The van der Waals surface area contributed by atoms with Gasteiger partial charge in [0.25, 0.3) is 5.69 Å². The highest BCUT2D eigenvalue weighted by Gasteiger charge is 2.39. The molecule has 1 aromatic heterocycles. The summed E-state index contributed by atoms with van der Waals surface area (Å²) >= 11 is 0. The van der Waals surface area contributed by atoms with Gasteiger partial charge in [-0.15, -0.1) is 0 Å². The molecule has 1 aromatic carbocycles. The number of pyridine rings is 1. The third-order valence-corrected chi connectivity index (χ3v) is 5.48. The Hall–Kier alpha value is -3.82. The average Bonchev–Trinajstić information content (AvgIpc) is 3.04. The number of hydrogen-bond acceptors (Lipinski definition) is 7. The molecule has 0 bridgehead atoms. The number of benzene rings is 1. The number of carbonyl (C=O) groups is 3. The van der Waals surface area contributed by atoms with E-state index < -0.39 is 40.6 Å². The quantitative estimate of drug-likeness (QED) is 0.281. The minimum atomic E-state index is -0.707. The monoisotopic (exact) mass is 454 g/mol. The zero-order chi connectivity index (χ0) is 24.2. The average molecular weight is 454 g/mol. The third-order valence-electron chi connectivity index (χ3n) is 5.48. The minimum Gasteiger partial charge on any atom is -0.466 e. The van der Waals surface area contributed by atoms with Crippen LogP contribution in [0.4, 0.5) is 11.4 Å². The summed E-state index contributed by atoms with van der Waals surface area (Å²) in [4.78, 5) is 53.9. The summed E-state index contributed by atoms with van der Waals surface area (Å²) in [7, 11) is 0. The largest absolute Gasteiger partial charge is 0.466 e. The van der Waals surface area contributed by atoms with E-state index in [4.69, 9.17) is 4.74 Å². The van der Waals surface area contributed by atoms with Gasteiger partial charge in [0, 0.05) is 36.5 Å². The van der Waals surface area contributed by atoms with Crippen molar-refractivity contribution in [3.05, 3.63) is 64.0 Å². The first kappa shape index (κ1) is 23.8. The minimum absolute atomic E-state index is 0.106. The topological polar surface area (TPSA) is 132 Å². The third kappa shape index (κ3) is 5.51. The SMILES string of the molecule is CCOC(=O)CC(NC(=O)CC(=O)N1CC(C)(C)c2ccc([N+](=O)[O-])cc21)c1cccnc1. The van der Waals surface area contributed by atoms with Crippen LogP contribution in [0.5, 0.6) is 0 Å². The lowest BCUT2D eigenvalue weighted by Gasteiger charge is -2.22. The van der Waals surface area contributed by atoms with Crippen molar-refractivity contribution in [3.63, 3.8) is 0 Å². The van der Waals surface area contributed by atoms with E-state index in [0.717, 1.165) is 5.56 Å². The summed E-state index contributed by atoms with van der Waals surface area (Å²) in [6.45, 7) is 6.06. The lowest BCUT2D eigenvalue weighted by Crippen LogP contribution is -2.38. The molecule has 2 aromatic rings. The van der Waals surface area contributed by atoms with Gasteiger partial charge < -0.3 is 15.0 Å². The number of non-ortho nitro benzene ring substituents is 1. The van der Waals surface area contributed by atoms with E-state index in [1.807, 2.05) is 13.8 Å². The van der Waals surface area contributed by atoms with Crippen molar-refractivity contribution in [1.82, 2.24) is 10.3 Å². The van der Waals surface area contributed by atoms with Gasteiger partial charge in [-0.05, 0) is 30.2 Å². The van der Waals surface area contributed by atoms with E-state index in [9.17, 15) is 24.5 Å². The van der Waals surface area contributed by atoms with Crippen LogP contribution in [0.3, 0.4) is 0 Å². The van der Waals surface area contributed by atoms with Crippen LogP contribution in [-0.4, -0.2) is 40.8 Å². The van der Waals surface area contributed by atoms with Crippen LogP contribution in [0, 0.1) is 10.1 Å². The van der Waals surface area contributed by atoms with Crippen LogP contribution >= 0.6 is 0 Å². The van der Waals surface area contributed by atoms with Crippen molar-refractivity contribution in [3.8, 4) is 0 Å². The summed E-state index contributed by atoms with van der Waals surface area (Å²) in [5.41, 5.74) is 1.30. The van der Waals surface area contributed by atoms with Gasteiger partial charge in [-0.3, -0.25) is 29.5 Å². The second-order valence-electron chi connectivity index (χ2n) is 8.41. The summed E-state index contributed by atoms with van der Waals surface area (Å²) in [6, 6.07) is 7.12. The molecule has 0 fully saturated rings. The Morgan fingerprint density at radius 1 is 1.30 bits per heavy atom. The number of ether oxygens (including phenoxy) is 1. The molecule has 1 N–H and O–H groups in total. The lowest BCUT2D eigenvalue weighted by molar-refractivity contribution is -0.384. The van der Waals surface area contributed by atoms with E-state index in [1.165, 1.54) is 23.2 Å². The Bertz CT molecular complexity index is 1070. The summed E-state index contributed by atoms with van der Waals surface area (Å²) in [6.07, 6.45) is 2.52. The van der Waals surface area contributed by atoms with E-state index in [1.54, 1.807) is 31.3 Å². The Kier molecular flexibility index (Phi) is 7.05. The molecule has 10 nitrogen and oxygen atoms in total. The maximum atomic E-state index is 13.0. The number of nitrogens with one attached hydrogen (secondary N) is 1. The van der Waals surface area contributed by atoms with E-state index in [2.05, 4.69) is 10.3 Å². The molecule has 0 saturated heterocycles. The van der Waals surface area contributed by atoms with E-state index >= 15 is 0 Å². The van der Waals surface area contributed by atoms with Gasteiger partial charge >= 0.3 is 5.97 Å². The van der Waals surface area contributed by atoms with Crippen LogP contribution in [-0.2, 0) is 24.5 Å². The van der Waals surface area contributed by atoms with Crippen molar-refractivity contribution >= 4 is 29.2 Å². The molecule has 0 aliphatic carbocycles. The number of carbonyl (C=O) groups excluding carboxylic acids is 3. The van der Waals surface area contributed by atoms with Gasteiger partial charge in [0.15, 0.2) is 0 Å². The van der Waals surface area contributed by atoms with Crippen LogP contribution in [0.15, 0.2) is 42.7 Å². The normalized spacial score (nSPS) is 14.8. The predicted molar refractivity (Wildman–Crippen MR) is 119 cm³/mol. The van der Waals surface area contributed by atoms with Crippen molar-refractivity contribution < 1.29 is 24.0 Å². The number of esters is 1. The van der Waals surface area contributed by atoms with Crippen LogP contribution in [0.1, 0.15) is 50.8 Å². The molecular formula is C23H26N4O6. The second-order valence-corrected chi connectivity index (χ2v) is 8.41. The number of hydrogen-bond donors (Lipinski definition) is 1. The number of rotatable bonds is 8. The van der Waals surface area contributed by atoms with Gasteiger partial charge in [0.1, 0.15) is 6.42 Å². The Balaban J connectivity index is 1.76. The number of anilines is 1. The zero-order valence-corrected chi connectivity index (χ0v) is 18.7. The Morgan fingerprint density at radius 2 is 2.06 bits per heavy atom. The van der Waals surface area contributed by atoms with Crippen molar-refractivity contribution in [1.29, 1.82) is 0 Å². The van der Waals surface area contributed by atoms with Crippen LogP contribution in [0.2, 0.25) is 0 Å². The Morgan fingerprint density at radius 3 is 2.70 bits per heavy atom. The molecule has 174 valence electrons. The molecule has 33 heavy (non-hydrogen) atoms. The highest BCUT2D eigenvalue weighted by atomic mass is 16.6. The molecule has 0 radical (unpaired) electrons. The van der Waals surface area contributed by atoms with Crippen molar-refractivity contribution in [2.45, 2.75) is 45.1 Å². The van der Waals surface area contributed by atoms with E-state index in [-0.39, 0.29) is 18.7 Å². The summed E-state index contributed by atoms with van der Waals surface area (Å²) in [5.74, 6) is -1.55. The fourth-order valence-electron chi connectivity index (χ4n) is 3.92. The number of fused-ring (bicyclic) bond motifs is 1. The maximum absolute atomic E-state index is 13.0. The zero-order valence-electron chi connectivity index (χ0n) is 18.7. The Labute approximate surface area is 191 Å². The fraction of sp³-hybridized carbons (Fsp3) is 0.391. The second kappa shape index (κ2) is 9.76. The van der Waals surface area contributed by atoms with E-state index in [0.29, 0.717) is 17.8 Å². The molecule has 2 amide bonds. The molecule has 10 heteroatoms. The molecule has 1 aliphatic heterocycles. The highest BCUT2D eigenvalue weighted by Crippen LogP contribution is 2.42. The fourth-order valence-corrected chi connectivity index (χ4v) is 3.92. The molecule has 0 spiro atoms. The van der Waals surface area contributed by atoms with Gasteiger partial charge in [0.2, 0.25) is 11.8 Å². The van der Waals surface area contributed by atoms with Crippen molar-refractivity contribution in [2.24, 2.45) is 0 Å². The number of amides is 2. The predicted octanol–water partition coefficient (Wildman–Crippen LogP) is 2.81. The van der Waals surface area contributed by atoms with Gasteiger partial charge in [-0.2, -0.15) is 0 Å². The smallest absolute Gasteiger partial charge is 0.308 e. The molecular weight excluding hydrogens is 428 g/mol. The number of aromatic nitrogens is 1. The number of nitrogens with zero attached hydrogens (tertiary/aromatic N) is 3. The summed E-state index contributed by atoms with van der Waals surface area (Å²) < 4.78 is 4.99. The first-order chi connectivity index (χ1) is 15.6. The lowest BCUT2D eigenvalue weighted by atomic mass is 9.87. The first-order valence-electron chi connectivity index (χ1n) is 10.6. The first-order valence-corrected chi connectivity index (χ1v) is 10.6. The number of nitro groups is 1. The standard InChI is InChI=1S/C23H26N4O6/c1-4-33-22(30)11-18(15-6-5-9-24-13-15)25-20(28)12-21(29)26-14-23(2,3)17-8-7-16(27(31)32)10-19(17)26/h5-10,13,18H,4,11-12,14H2,1-3H3,(H,25,28). The molecule has 1 atom stereocenters. The summed E-state index contributed by atoms with van der Waals surface area (Å²) in [5, 5.41) is 13.9. The molecule has 3 rings (SSSR count). The number of nitro benzene ring substituents is 1. The molecule has 0 saturated carbocycles. The van der Waals surface area contributed by atoms with Crippen molar-refractivity contribution in [2.75, 3.05) is 18.1 Å². The molecule has 1 unspecified atom stereocenters. The van der Waals surface area contributed by atoms with Gasteiger partial charge in [-0.1, -0.05) is 19.9 Å².